The summed E-state index contributed by atoms with van der Waals surface area (Å²) in [7, 11) is 0. The molecule has 0 heterocycles. The lowest BCUT2D eigenvalue weighted by Gasteiger charge is -2.47. The fraction of sp³-hybridized carbons (Fsp3) is 1.00. The van der Waals surface area contributed by atoms with Crippen molar-refractivity contribution in [3.05, 3.63) is 0 Å². The summed E-state index contributed by atoms with van der Waals surface area (Å²) in [5.74, 6) is 0.527. The van der Waals surface area contributed by atoms with E-state index >= 15 is 0 Å². The summed E-state index contributed by atoms with van der Waals surface area (Å²) >= 11 is 0. The maximum Gasteiger partial charge on any atom is 0.0690 e. The summed E-state index contributed by atoms with van der Waals surface area (Å²) < 4.78 is 0. The standard InChI is InChI=1S/C15H31NO/c1-13(2)11-14(3,17)15(12-16)9-7-5-4-6-8-10-15/h13,17H,4-12,16H2,1-3H3. The van der Waals surface area contributed by atoms with Gasteiger partial charge in [-0.3, -0.25) is 0 Å². The first-order valence-corrected chi connectivity index (χ1v) is 7.36. The van der Waals surface area contributed by atoms with E-state index in [9.17, 15) is 5.11 Å². The summed E-state index contributed by atoms with van der Waals surface area (Å²) in [6.45, 7) is 7.01. The van der Waals surface area contributed by atoms with Crippen LogP contribution in [0, 0.1) is 11.3 Å². The Morgan fingerprint density at radius 1 is 1.12 bits per heavy atom. The summed E-state index contributed by atoms with van der Waals surface area (Å²) in [6.07, 6.45) is 9.49. The van der Waals surface area contributed by atoms with Crippen LogP contribution >= 0.6 is 0 Å². The molecule has 2 nitrogen and oxygen atoms in total. The van der Waals surface area contributed by atoms with Crippen LogP contribution in [-0.2, 0) is 0 Å². The first-order valence-electron chi connectivity index (χ1n) is 7.36. The van der Waals surface area contributed by atoms with Crippen molar-refractivity contribution < 1.29 is 5.11 Å². The molecule has 1 atom stereocenters. The Bertz CT molecular complexity index is 215. The molecule has 0 amide bonds. The maximum atomic E-state index is 10.9. The largest absolute Gasteiger partial charge is 0.390 e. The molecule has 102 valence electrons. The molecule has 17 heavy (non-hydrogen) atoms. The average molecular weight is 241 g/mol. The van der Waals surface area contributed by atoms with Crippen molar-refractivity contribution in [3.8, 4) is 0 Å². The van der Waals surface area contributed by atoms with Gasteiger partial charge in [0.2, 0.25) is 0 Å². The monoisotopic (exact) mass is 241 g/mol. The molecule has 0 saturated heterocycles. The molecule has 0 aromatic heterocycles. The second kappa shape index (κ2) is 6.19. The van der Waals surface area contributed by atoms with Crippen molar-refractivity contribution in [2.75, 3.05) is 6.54 Å². The van der Waals surface area contributed by atoms with E-state index in [1.807, 2.05) is 6.92 Å². The summed E-state index contributed by atoms with van der Waals surface area (Å²) in [4.78, 5) is 0. The zero-order valence-electron chi connectivity index (χ0n) is 12.0. The highest BCUT2D eigenvalue weighted by atomic mass is 16.3. The zero-order chi connectivity index (χ0) is 12.9. The van der Waals surface area contributed by atoms with Crippen LogP contribution in [0.3, 0.4) is 0 Å². The molecule has 2 heteroatoms. The van der Waals surface area contributed by atoms with Gasteiger partial charge in [0, 0.05) is 12.0 Å². The topological polar surface area (TPSA) is 46.2 Å². The number of nitrogens with two attached hydrogens (primary N) is 1. The van der Waals surface area contributed by atoms with Gasteiger partial charge in [-0.15, -0.1) is 0 Å². The SMILES string of the molecule is CC(C)CC(C)(O)C1(CN)CCCCCCC1. The van der Waals surface area contributed by atoms with Crippen molar-refractivity contribution in [2.24, 2.45) is 17.1 Å². The van der Waals surface area contributed by atoms with Gasteiger partial charge in [0.05, 0.1) is 5.60 Å². The maximum absolute atomic E-state index is 10.9. The van der Waals surface area contributed by atoms with Gasteiger partial charge in [0.1, 0.15) is 0 Å². The molecular formula is C15H31NO. The lowest BCUT2D eigenvalue weighted by molar-refractivity contribution is -0.0927. The third kappa shape index (κ3) is 3.69. The third-order valence-electron chi connectivity index (χ3n) is 4.65. The third-order valence-corrected chi connectivity index (χ3v) is 4.65. The fourth-order valence-corrected chi connectivity index (χ4v) is 3.56. The molecule has 3 N–H and O–H groups in total. The molecule has 1 fully saturated rings. The molecule has 0 radical (unpaired) electrons. The molecule has 0 spiro atoms. The van der Waals surface area contributed by atoms with E-state index in [2.05, 4.69) is 13.8 Å². The van der Waals surface area contributed by atoms with E-state index in [0.29, 0.717) is 12.5 Å². The van der Waals surface area contributed by atoms with Gasteiger partial charge in [-0.25, -0.2) is 0 Å². The highest BCUT2D eigenvalue weighted by molar-refractivity contribution is 4.97. The molecule has 1 unspecified atom stereocenters. The summed E-state index contributed by atoms with van der Waals surface area (Å²) in [5.41, 5.74) is 5.41. The van der Waals surface area contributed by atoms with Gasteiger partial charge in [0.25, 0.3) is 0 Å². The quantitative estimate of drug-likeness (QED) is 0.791. The van der Waals surface area contributed by atoms with Crippen LogP contribution in [0.15, 0.2) is 0 Å². The molecular weight excluding hydrogens is 210 g/mol. The molecule has 1 aliphatic carbocycles. The minimum Gasteiger partial charge on any atom is -0.390 e. The number of hydrogen-bond acceptors (Lipinski definition) is 2. The van der Waals surface area contributed by atoms with Crippen molar-refractivity contribution in [1.29, 1.82) is 0 Å². The van der Waals surface area contributed by atoms with Crippen LogP contribution in [0.4, 0.5) is 0 Å². The predicted molar refractivity (Wildman–Crippen MR) is 73.9 cm³/mol. The smallest absolute Gasteiger partial charge is 0.0690 e. The van der Waals surface area contributed by atoms with E-state index < -0.39 is 5.60 Å². The van der Waals surface area contributed by atoms with Gasteiger partial charge in [0.15, 0.2) is 0 Å². The van der Waals surface area contributed by atoms with Gasteiger partial charge in [-0.1, -0.05) is 46.0 Å². The predicted octanol–water partition coefficient (Wildman–Crippen LogP) is 3.47. The van der Waals surface area contributed by atoms with Gasteiger partial charge in [-0.05, 0) is 32.1 Å². The second-order valence-electron chi connectivity index (χ2n) is 6.62. The molecule has 1 aliphatic rings. The molecule has 0 bridgehead atoms. The lowest BCUT2D eigenvalue weighted by atomic mass is 9.63. The van der Waals surface area contributed by atoms with Crippen LogP contribution < -0.4 is 5.73 Å². The summed E-state index contributed by atoms with van der Waals surface area (Å²) in [5, 5.41) is 10.9. The number of hydrogen-bond donors (Lipinski definition) is 2. The zero-order valence-corrected chi connectivity index (χ0v) is 12.0. The molecule has 0 aromatic rings. The van der Waals surface area contributed by atoms with E-state index in [-0.39, 0.29) is 5.41 Å². The van der Waals surface area contributed by atoms with E-state index in [4.69, 9.17) is 5.73 Å². The van der Waals surface area contributed by atoms with Crippen LogP contribution in [0.2, 0.25) is 0 Å². The highest BCUT2D eigenvalue weighted by Crippen LogP contribution is 2.45. The Balaban J connectivity index is 2.82. The minimum absolute atomic E-state index is 0.0440. The molecule has 1 rings (SSSR count). The Morgan fingerprint density at radius 3 is 2.00 bits per heavy atom. The Labute approximate surface area is 107 Å². The first kappa shape index (κ1) is 15.0. The molecule has 0 aliphatic heterocycles. The summed E-state index contributed by atoms with van der Waals surface area (Å²) in [6, 6.07) is 0. The Morgan fingerprint density at radius 2 is 1.59 bits per heavy atom. The lowest BCUT2D eigenvalue weighted by Crippen LogP contribution is -2.51. The van der Waals surface area contributed by atoms with Gasteiger partial charge < -0.3 is 10.8 Å². The molecule has 1 saturated carbocycles. The number of rotatable bonds is 4. The van der Waals surface area contributed by atoms with Crippen LogP contribution in [0.5, 0.6) is 0 Å². The Kier molecular flexibility index (Phi) is 5.46. The average Bonchev–Trinajstić information content (AvgIpc) is 2.15. The van der Waals surface area contributed by atoms with Crippen molar-refractivity contribution in [2.45, 2.75) is 77.7 Å². The van der Waals surface area contributed by atoms with Crippen molar-refractivity contribution >= 4 is 0 Å². The van der Waals surface area contributed by atoms with Crippen molar-refractivity contribution in [1.82, 2.24) is 0 Å². The van der Waals surface area contributed by atoms with Gasteiger partial charge in [-0.2, -0.15) is 0 Å². The minimum atomic E-state index is -0.604. The number of aliphatic hydroxyl groups is 1. The van der Waals surface area contributed by atoms with Crippen LogP contribution in [0.1, 0.15) is 72.1 Å². The highest BCUT2D eigenvalue weighted by Gasteiger charge is 2.45. The fourth-order valence-electron chi connectivity index (χ4n) is 3.56. The second-order valence-corrected chi connectivity index (χ2v) is 6.62. The van der Waals surface area contributed by atoms with E-state index in [0.717, 1.165) is 19.3 Å². The Hall–Kier alpha value is -0.0800. The molecule has 0 aromatic carbocycles. The normalized spacial score (nSPS) is 25.1. The van der Waals surface area contributed by atoms with Gasteiger partial charge >= 0.3 is 0 Å². The van der Waals surface area contributed by atoms with Crippen molar-refractivity contribution in [3.63, 3.8) is 0 Å². The first-order chi connectivity index (χ1) is 7.93. The van der Waals surface area contributed by atoms with Crippen LogP contribution in [0.25, 0.3) is 0 Å². The van der Waals surface area contributed by atoms with E-state index in [1.54, 1.807) is 0 Å². The van der Waals surface area contributed by atoms with Crippen LogP contribution in [-0.4, -0.2) is 17.3 Å². The van der Waals surface area contributed by atoms with E-state index in [1.165, 1.54) is 32.1 Å².